The normalized spacial score (nSPS) is 10.7. The third kappa shape index (κ3) is 1.43. The predicted octanol–water partition coefficient (Wildman–Crippen LogP) is 2.49. The molecule has 4 heteroatoms. The number of nitrogens with one attached hydrogen (secondary N) is 1. The number of aryl methyl sites for hydroxylation is 2. The average Bonchev–Trinajstić information content (AvgIpc) is 2.55. The summed E-state index contributed by atoms with van der Waals surface area (Å²) in [6, 6.07) is 3.76. The van der Waals surface area contributed by atoms with Crippen LogP contribution >= 0.6 is 0 Å². The molecule has 0 aliphatic rings. The summed E-state index contributed by atoms with van der Waals surface area (Å²) in [5.41, 5.74) is 2.78. The predicted molar refractivity (Wildman–Crippen MR) is 61.3 cm³/mol. The molecule has 0 aliphatic carbocycles. The fourth-order valence-corrected chi connectivity index (χ4v) is 1.90. The molecule has 0 spiro atoms. The van der Waals surface area contributed by atoms with Gasteiger partial charge in [-0.1, -0.05) is 0 Å². The van der Waals surface area contributed by atoms with Gasteiger partial charge in [0.2, 0.25) is 0 Å². The summed E-state index contributed by atoms with van der Waals surface area (Å²) in [7, 11) is 1.60. The number of carboxylic acid groups (broad SMARTS) is 1. The highest BCUT2D eigenvalue weighted by Crippen LogP contribution is 2.28. The summed E-state index contributed by atoms with van der Waals surface area (Å²) in [6.07, 6.45) is 0. The van der Waals surface area contributed by atoms with Crippen molar-refractivity contribution in [2.24, 2.45) is 0 Å². The van der Waals surface area contributed by atoms with Crippen LogP contribution in [0.3, 0.4) is 0 Å². The molecule has 84 valence electrons. The third-order valence-corrected chi connectivity index (χ3v) is 2.79. The Bertz CT molecular complexity index is 569. The summed E-state index contributed by atoms with van der Waals surface area (Å²) < 4.78 is 5.20. The largest absolute Gasteiger partial charge is 0.496 e. The van der Waals surface area contributed by atoms with Crippen molar-refractivity contribution in [2.45, 2.75) is 13.8 Å². The molecular formula is C12H13NO3. The molecule has 1 aromatic carbocycles. The van der Waals surface area contributed by atoms with Crippen molar-refractivity contribution in [3.63, 3.8) is 0 Å². The van der Waals surface area contributed by atoms with Crippen molar-refractivity contribution in [3.05, 3.63) is 29.0 Å². The van der Waals surface area contributed by atoms with Gasteiger partial charge in [-0.05, 0) is 31.0 Å². The molecule has 2 N–H and O–H groups in total. The van der Waals surface area contributed by atoms with Crippen molar-refractivity contribution in [3.8, 4) is 5.75 Å². The number of ether oxygens (including phenoxy) is 1. The first-order valence-corrected chi connectivity index (χ1v) is 4.94. The molecule has 4 nitrogen and oxygen atoms in total. The number of aromatic amines is 1. The fourth-order valence-electron chi connectivity index (χ4n) is 1.90. The number of aromatic carboxylic acids is 1. The Morgan fingerprint density at radius 2 is 2.06 bits per heavy atom. The van der Waals surface area contributed by atoms with Gasteiger partial charge in [0.05, 0.1) is 12.6 Å². The average molecular weight is 219 g/mol. The summed E-state index contributed by atoms with van der Waals surface area (Å²) in [4.78, 5) is 13.9. The van der Waals surface area contributed by atoms with E-state index < -0.39 is 5.97 Å². The zero-order valence-electron chi connectivity index (χ0n) is 9.42. The lowest BCUT2D eigenvalue weighted by atomic mass is 10.1. The van der Waals surface area contributed by atoms with E-state index in [1.54, 1.807) is 14.0 Å². The Kier molecular flexibility index (Phi) is 2.34. The second-order valence-electron chi connectivity index (χ2n) is 3.80. The van der Waals surface area contributed by atoms with Crippen LogP contribution in [0.5, 0.6) is 5.75 Å². The molecule has 0 aliphatic heterocycles. The van der Waals surface area contributed by atoms with Gasteiger partial charge >= 0.3 is 5.97 Å². The lowest BCUT2D eigenvalue weighted by Gasteiger charge is -2.04. The molecule has 0 unspecified atom stereocenters. The van der Waals surface area contributed by atoms with Crippen LogP contribution < -0.4 is 4.74 Å². The molecule has 0 saturated heterocycles. The van der Waals surface area contributed by atoms with Crippen LogP contribution in [-0.4, -0.2) is 23.2 Å². The van der Waals surface area contributed by atoms with Crippen molar-refractivity contribution < 1.29 is 14.6 Å². The highest BCUT2D eigenvalue weighted by molar-refractivity contribution is 5.97. The van der Waals surface area contributed by atoms with E-state index >= 15 is 0 Å². The van der Waals surface area contributed by atoms with E-state index in [9.17, 15) is 4.79 Å². The lowest BCUT2D eigenvalue weighted by Crippen LogP contribution is -1.97. The van der Waals surface area contributed by atoms with Crippen LogP contribution in [-0.2, 0) is 0 Å². The maximum Gasteiger partial charge on any atom is 0.352 e. The zero-order valence-corrected chi connectivity index (χ0v) is 9.42. The maximum absolute atomic E-state index is 11.0. The highest BCUT2D eigenvalue weighted by atomic mass is 16.5. The van der Waals surface area contributed by atoms with Gasteiger partial charge in [0.1, 0.15) is 11.4 Å². The highest BCUT2D eigenvalue weighted by Gasteiger charge is 2.14. The van der Waals surface area contributed by atoms with Gasteiger partial charge < -0.3 is 14.8 Å². The van der Waals surface area contributed by atoms with Gasteiger partial charge in [-0.3, -0.25) is 0 Å². The smallest absolute Gasteiger partial charge is 0.352 e. The zero-order chi connectivity index (χ0) is 11.9. The Hall–Kier alpha value is -1.97. The van der Waals surface area contributed by atoms with Gasteiger partial charge in [0, 0.05) is 11.5 Å². The molecule has 16 heavy (non-hydrogen) atoms. The minimum atomic E-state index is -0.940. The number of hydrogen-bond donors (Lipinski definition) is 2. The first kappa shape index (κ1) is 10.5. The number of carboxylic acids is 1. The Labute approximate surface area is 92.9 Å². The number of benzene rings is 1. The van der Waals surface area contributed by atoms with E-state index in [-0.39, 0.29) is 5.69 Å². The molecule has 0 bridgehead atoms. The van der Waals surface area contributed by atoms with E-state index in [2.05, 4.69) is 4.98 Å². The monoisotopic (exact) mass is 219 g/mol. The van der Waals surface area contributed by atoms with Crippen molar-refractivity contribution >= 4 is 16.9 Å². The number of methoxy groups -OCH3 is 1. The Morgan fingerprint density at radius 3 is 2.62 bits per heavy atom. The molecule has 0 atom stereocenters. The van der Waals surface area contributed by atoms with Gasteiger partial charge in [-0.15, -0.1) is 0 Å². The summed E-state index contributed by atoms with van der Waals surface area (Å²) in [5.74, 6) is -0.184. The van der Waals surface area contributed by atoms with E-state index in [4.69, 9.17) is 9.84 Å². The van der Waals surface area contributed by atoms with Gasteiger partial charge in [-0.25, -0.2) is 4.79 Å². The number of carbonyl (C=O) groups is 1. The minimum Gasteiger partial charge on any atom is -0.496 e. The second kappa shape index (κ2) is 3.56. The molecule has 0 amide bonds. The number of aromatic nitrogens is 1. The number of fused-ring (bicyclic) bond motifs is 1. The van der Waals surface area contributed by atoms with Gasteiger partial charge in [0.15, 0.2) is 0 Å². The van der Waals surface area contributed by atoms with E-state index in [1.165, 1.54) is 0 Å². The van der Waals surface area contributed by atoms with Crippen molar-refractivity contribution in [2.75, 3.05) is 7.11 Å². The fraction of sp³-hybridized carbons (Fsp3) is 0.250. The van der Waals surface area contributed by atoms with E-state index in [1.807, 2.05) is 19.1 Å². The lowest BCUT2D eigenvalue weighted by molar-refractivity contribution is 0.0691. The maximum atomic E-state index is 11.0. The summed E-state index contributed by atoms with van der Waals surface area (Å²) in [6.45, 7) is 3.74. The standard InChI is InChI=1S/C12H13NO3/c1-6-4-8-7(2)11(12(14)15)13-9(8)5-10(6)16-3/h4-5,13H,1-3H3,(H,14,15). The van der Waals surface area contributed by atoms with Crippen LogP contribution in [0.1, 0.15) is 21.6 Å². The third-order valence-electron chi connectivity index (χ3n) is 2.79. The molecular weight excluding hydrogens is 206 g/mol. The number of rotatable bonds is 2. The molecule has 2 rings (SSSR count). The molecule has 1 aromatic heterocycles. The number of hydrogen-bond acceptors (Lipinski definition) is 2. The van der Waals surface area contributed by atoms with Gasteiger partial charge in [0.25, 0.3) is 0 Å². The Morgan fingerprint density at radius 1 is 1.38 bits per heavy atom. The molecule has 1 heterocycles. The van der Waals surface area contributed by atoms with Crippen LogP contribution in [0.2, 0.25) is 0 Å². The molecule has 0 radical (unpaired) electrons. The van der Waals surface area contributed by atoms with E-state index in [0.29, 0.717) is 0 Å². The summed E-state index contributed by atoms with van der Waals surface area (Å²) >= 11 is 0. The topological polar surface area (TPSA) is 62.3 Å². The SMILES string of the molecule is COc1cc2[nH]c(C(=O)O)c(C)c2cc1C. The van der Waals surface area contributed by atoms with Crippen LogP contribution in [0.4, 0.5) is 0 Å². The molecule has 0 saturated carbocycles. The summed E-state index contributed by atoms with van der Waals surface area (Å²) in [5, 5.41) is 9.93. The van der Waals surface area contributed by atoms with Crippen LogP contribution in [0.15, 0.2) is 12.1 Å². The van der Waals surface area contributed by atoms with Crippen LogP contribution in [0.25, 0.3) is 10.9 Å². The van der Waals surface area contributed by atoms with Crippen molar-refractivity contribution in [1.29, 1.82) is 0 Å². The first-order valence-electron chi connectivity index (χ1n) is 4.94. The molecule has 2 aromatic rings. The van der Waals surface area contributed by atoms with Crippen LogP contribution in [0, 0.1) is 13.8 Å². The van der Waals surface area contributed by atoms with Gasteiger partial charge in [-0.2, -0.15) is 0 Å². The van der Waals surface area contributed by atoms with E-state index in [0.717, 1.165) is 27.8 Å². The minimum absolute atomic E-state index is 0.239. The molecule has 0 fully saturated rings. The quantitative estimate of drug-likeness (QED) is 0.815. The second-order valence-corrected chi connectivity index (χ2v) is 3.80. The Balaban J connectivity index is 2.77. The first-order chi connectivity index (χ1) is 7.54. The number of H-pyrrole nitrogens is 1. The van der Waals surface area contributed by atoms with Crippen molar-refractivity contribution in [1.82, 2.24) is 4.98 Å².